The van der Waals surface area contributed by atoms with Gasteiger partial charge in [-0.15, -0.1) is 0 Å². The lowest BCUT2D eigenvalue weighted by Gasteiger charge is -2.58. The second-order valence-electron chi connectivity index (χ2n) is 10.1. The molecule has 5 rings (SSSR count). The van der Waals surface area contributed by atoms with Crippen LogP contribution in [0.4, 0.5) is 0 Å². The van der Waals surface area contributed by atoms with Gasteiger partial charge < -0.3 is 4.74 Å². The minimum absolute atomic E-state index is 0.0144. The molecule has 0 aromatic rings. The first-order valence-corrected chi connectivity index (χ1v) is 9.94. The lowest BCUT2D eigenvalue weighted by Crippen LogP contribution is -2.54. The van der Waals surface area contributed by atoms with Crippen molar-refractivity contribution in [2.75, 3.05) is 7.11 Å². The number of Topliss-reactive ketones (excluding diaryl/α,β-unsaturated/α-hetero) is 1. The number of rotatable bonds is 3. The fraction of sp³-hybridized carbons (Fsp3) is 0.857. The number of aliphatic imine (C=N–C) groups is 1. The van der Waals surface area contributed by atoms with Crippen LogP contribution in [-0.4, -0.2) is 30.6 Å². The van der Waals surface area contributed by atoms with Gasteiger partial charge in [0.05, 0.1) is 7.11 Å². The average molecular weight is 345 g/mol. The molecule has 4 heteroatoms. The summed E-state index contributed by atoms with van der Waals surface area (Å²) in [5.74, 6) is 2.36. The van der Waals surface area contributed by atoms with E-state index in [0.29, 0.717) is 12.8 Å². The zero-order valence-corrected chi connectivity index (χ0v) is 15.8. The van der Waals surface area contributed by atoms with Crippen molar-refractivity contribution < 1.29 is 14.3 Å². The number of ketones is 1. The highest BCUT2D eigenvalue weighted by atomic mass is 16.5. The number of hydrogen-bond acceptors (Lipinski definition) is 4. The zero-order valence-electron chi connectivity index (χ0n) is 15.8. The Balaban J connectivity index is 1.66. The van der Waals surface area contributed by atoms with Crippen LogP contribution in [-0.2, 0) is 14.3 Å². The monoisotopic (exact) mass is 345 g/mol. The average Bonchev–Trinajstić information content (AvgIpc) is 2.48. The zero-order chi connectivity index (χ0) is 17.8. The van der Waals surface area contributed by atoms with E-state index in [1.165, 1.54) is 26.4 Å². The van der Waals surface area contributed by atoms with Gasteiger partial charge in [0.2, 0.25) is 0 Å². The summed E-state index contributed by atoms with van der Waals surface area (Å²) in [6.45, 7) is 4.24. The lowest BCUT2D eigenvalue weighted by molar-refractivity contribution is -0.152. The highest BCUT2D eigenvalue weighted by Crippen LogP contribution is 2.62. The fourth-order valence-corrected chi connectivity index (χ4v) is 6.84. The van der Waals surface area contributed by atoms with Crippen LogP contribution in [0.25, 0.3) is 0 Å². The van der Waals surface area contributed by atoms with Crippen molar-refractivity contribution in [3.63, 3.8) is 0 Å². The molecule has 0 spiro atoms. The number of esters is 1. The van der Waals surface area contributed by atoms with E-state index in [4.69, 9.17) is 9.73 Å². The maximum absolute atomic E-state index is 12.7. The first-order valence-electron chi connectivity index (χ1n) is 9.94. The Morgan fingerprint density at radius 3 is 2.12 bits per heavy atom. The van der Waals surface area contributed by atoms with E-state index >= 15 is 0 Å². The van der Waals surface area contributed by atoms with E-state index in [1.54, 1.807) is 0 Å². The summed E-state index contributed by atoms with van der Waals surface area (Å²) in [5, 5.41) is 0. The minimum atomic E-state index is -0.400. The topological polar surface area (TPSA) is 55.7 Å². The third kappa shape index (κ3) is 3.17. The summed E-state index contributed by atoms with van der Waals surface area (Å²) >= 11 is 0. The van der Waals surface area contributed by atoms with Gasteiger partial charge in [0, 0.05) is 24.0 Å². The molecular formula is C21H31NO3. The molecule has 0 radical (unpaired) electrons. The van der Waals surface area contributed by atoms with Crippen molar-refractivity contribution in [1.29, 1.82) is 0 Å². The van der Waals surface area contributed by atoms with Crippen molar-refractivity contribution in [2.45, 2.75) is 77.7 Å². The van der Waals surface area contributed by atoms with E-state index < -0.39 is 6.04 Å². The van der Waals surface area contributed by atoms with Gasteiger partial charge in [0.15, 0.2) is 6.04 Å². The lowest BCUT2D eigenvalue weighted by atomic mass is 9.47. The highest BCUT2D eigenvalue weighted by molar-refractivity contribution is 6.05. The second kappa shape index (κ2) is 5.92. The molecule has 0 heterocycles. The van der Waals surface area contributed by atoms with Crippen molar-refractivity contribution in [3.8, 4) is 0 Å². The summed E-state index contributed by atoms with van der Waals surface area (Å²) in [5.41, 5.74) is 0.864. The standard InChI is InChI=1S/C21H31NO3/c1-20(2)11-16(7-17(23)12-20)22-18(19(24)25-3)21-8-13-4-14(9-21)6-15(5-13)10-21/h13-15,18H,4-12H2,1-3H3/t13?,14?,15?,18-,21?/m0/s1. The number of hydrogen-bond donors (Lipinski definition) is 0. The maximum atomic E-state index is 12.7. The smallest absolute Gasteiger partial charge is 0.331 e. The van der Waals surface area contributed by atoms with E-state index in [1.807, 2.05) is 0 Å². The fourth-order valence-electron chi connectivity index (χ4n) is 6.84. The van der Waals surface area contributed by atoms with E-state index in [0.717, 1.165) is 49.1 Å². The third-order valence-electron chi connectivity index (χ3n) is 7.16. The van der Waals surface area contributed by atoms with Gasteiger partial charge in [-0.1, -0.05) is 13.8 Å². The number of carbonyl (C=O) groups excluding carboxylic acids is 2. The molecular weight excluding hydrogens is 314 g/mol. The van der Waals surface area contributed by atoms with E-state index in [2.05, 4.69) is 13.8 Å². The highest BCUT2D eigenvalue weighted by Gasteiger charge is 2.56. The van der Waals surface area contributed by atoms with Gasteiger partial charge in [-0.3, -0.25) is 9.79 Å². The summed E-state index contributed by atoms with van der Waals surface area (Å²) in [4.78, 5) is 29.9. The summed E-state index contributed by atoms with van der Waals surface area (Å²) in [7, 11) is 1.48. The Bertz CT molecular complexity index is 583. The summed E-state index contributed by atoms with van der Waals surface area (Å²) in [6.07, 6.45) is 9.24. The van der Waals surface area contributed by atoms with Gasteiger partial charge in [0.1, 0.15) is 5.78 Å². The second-order valence-corrected chi connectivity index (χ2v) is 10.1. The van der Waals surface area contributed by atoms with Gasteiger partial charge >= 0.3 is 5.97 Å². The number of ether oxygens (including phenoxy) is 1. The predicted molar refractivity (Wildman–Crippen MR) is 96.5 cm³/mol. The molecule has 4 nitrogen and oxygen atoms in total. The van der Waals surface area contributed by atoms with Crippen molar-refractivity contribution in [3.05, 3.63) is 0 Å². The first kappa shape index (κ1) is 17.2. The molecule has 5 aliphatic carbocycles. The molecule has 0 aromatic carbocycles. The molecule has 0 amide bonds. The molecule has 5 aliphatic rings. The normalized spacial score (nSPS) is 41.8. The third-order valence-corrected chi connectivity index (χ3v) is 7.16. The Morgan fingerprint density at radius 1 is 1.08 bits per heavy atom. The molecule has 1 atom stereocenters. The van der Waals surface area contributed by atoms with Crippen molar-refractivity contribution in [1.82, 2.24) is 0 Å². The predicted octanol–water partition coefficient (Wildman–Crippen LogP) is 3.96. The van der Waals surface area contributed by atoms with Gasteiger partial charge in [0.25, 0.3) is 0 Å². The Hall–Kier alpha value is -1.19. The van der Waals surface area contributed by atoms with Crippen LogP contribution in [0, 0.1) is 28.6 Å². The maximum Gasteiger partial charge on any atom is 0.331 e. The van der Waals surface area contributed by atoms with Crippen LogP contribution in [0.3, 0.4) is 0 Å². The molecule has 4 bridgehead atoms. The minimum Gasteiger partial charge on any atom is -0.467 e. The van der Waals surface area contributed by atoms with E-state index in [-0.39, 0.29) is 22.6 Å². The molecule has 0 saturated heterocycles. The molecule has 5 saturated carbocycles. The van der Waals surface area contributed by atoms with Crippen LogP contribution >= 0.6 is 0 Å². The SMILES string of the molecule is COC(=O)[C@H](N=C1CC(=O)CC(C)(C)C1)C12CC3CC(CC(C3)C1)C2. The Morgan fingerprint density at radius 2 is 1.64 bits per heavy atom. The number of carbonyl (C=O) groups is 2. The molecule has 25 heavy (non-hydrogen) atoms. The van der Waals surface area contributed by atoms with Crippen LogP contribution < -0.4 is 0 Å². The van der Waals surface area contributed by atoms with Gasteiger partial charge in [-0.05, 0) is 68.1 Å². The van der Waals surface area contributed by atoms with Crippen LogP contribution in [0.5, 0.6) is 0 Å². The largest absolute Gasteiger partial charge is 0.467 e. The van der Waals surface area contributed by atoms with Gasteiger partial charge in [-0.25, -0.2) is 4.79 Å². The summed E-state index contributed by atoms with van der Waals surface area (Å²) in [6, 6.07) is -0.400. The number of methoxy groups -OCH3 is 1. The van der Waals surface area contributed by atoms with Crippen LogP contribution in [0.15, 0.2) is 4.99 Å². The first-order chi connectivity index (χ1) is 11.8. The quantitative estimate of drug-likeness (QED) is 0.727. The van der Waals surface area contributed by atoms with Crippen LogP contribution in [0.1, 0.15) is 71.6 Å². The van der Waals surface area contributed by atoms with E-state index in [9.17, 15) is 9.59 Å². The molecule has 0 unspecified atom stereocenters. The molecule has 0 aliphatic heterocycles. The molecule has 0 N–H and O–H groups in total. The van der Waals surface area contributed by atoms with Crippen molar-refractivity contribution >= 4 is 17.5 Å². The molecule has 5 fully saturated rings. The Labute approximate surface area is 150 Å². The number of nitrogens with zero attached hydrogens (tertiary/aromatic N) is 1. The van der Waals surface area contributed by atoms with Crippen molar-refractivity contribution in [2.24, 2.45) is 33.6 Å². The summed E-state index contributed by atoms with van der Waals surface area (Å²) < 4.78 is 5.19. The molecule has 138 valence electrons. The van der Waals surface area contributed by atoms with Gasteiger partial charge in [-0.2, -0.15) is 0 Å². The molecule has 0 aromatic heterocycles. The van der Waals surface area contributed by atoms with Crippen LogP contribution in [0.2, 0.25) is 0 Å². The Kier molecular flexibility index (Phi) is 4.08.